The van der Waals surface area contributed by atoms with E-state index in [1.807, 2.05) is 0 Å². The molecule has 0 aliphatic carbocycles. The third-order valence-electron chi connectivity index (χ3n) is 8.54. The molecule has 0 spiro atoms. The lowest BCUT2D eigenvalue weighted by molar-refractivity contribution is -0.155. The van der Waals surface area contributed by atoms with Gasteiger partial charge in [-0.05, 0) is 44.3 Å². The highest BCUT2D eigenvalue weighted by Crippen LogP contribution is 2.20. The van der Waals surface area contributed by atoms with Gasteiger partial charge in [0, 0.05) is 5.75 Å². The molecule has 260 valence electrons. The Morgan fingerprint density at radius 2 is 1.00 bits per heavy atom. The monoisotopic (exact) mass is 641 g/mol. The van der Waals surface area contributed by atoms with Crippen LogP contribution in [0.5, 0.6) is 0 Å². The summed E-state index contributed by atoms with van der Waals surface area (Å²) in [4.78, 5) is 36.7. The molecule has 5 nitrogen and oxygen atoms in total. The average Bonchev–Trinajstić information content (AvgIpc) is 3.02. The lowest BCUT2D eigenvalue weighted by atomic mass is 10.0. The number of esters is 2. The predicted octanol–water partition coefficient (Wildman–Crippen LogP) is 11.6. The van der Waals surface area contributed by atoms with Crippen LogP contribution in [0.1, 0.15) is 194 Å². The zero-order chi connectivity index (χ0) is 32.4. The quantitative estimate of drug-likeness (QED) is 0.0297. The highest BCUT2D eigenvalue weighted by molar-refractivity contribution is 7.99. The molecule has 0 rings (SSSR count). The maximum Gasteiger partial charge on any atom is 0.316 e. The zero-order valence-corrected chi connectivity index (χ0v) is 30.2. The van der Waals surface area contributed by atoms with E-state index >= 15 is 0 Å². The van der Waals surface area contributed by atoms with Gasteiger partial charge in [0.1, 0.15) is 18.3 Å². The molecule has 0 aromatic rings. The van der Waals surface area contributed by atoms with E-state index < -0.39 is 5.92 Å². The minimum absolute atomic E-state index is 0.0787. The van der Waals surface area contributed by atoms with Crippen LogP contribution in [0.2, 0.25) is 0 Å². The van der Waals surface area contributed by atoms with Crippen molar-refractivity contribution >= 4 is 30.0 Å². The highest BCUT2D eigenvalue weighted by Gasteiger charge is 2.23. The average molecular weight is 641 g/mol. The van der Waals surface area contributed by atoms with Gasteiger partial charge in [-0.2, -0.15) is 11.8 Å². The van der Waals surface area contributed by atoms with Crippen molar-refractivity contribution in [3.05, 3.63) is 0 Å². The summed E-state index contributed by atoms with van der Waals surface area (Å²) in [5.41, 5.74) is 0. The van der Waals surface area contributed by atoms with E-state index in [-0.39, 0.29) is 18.0 Å². The molecule has 1 atom stereocenters. The smallest absolute Gasteiger partial charge is 0.316 e. The van der Waals surface area contributed by atoms with Crippen LogP contribution in [0.15, 0.2) is 0 Å². The SMILES string of the molecule is CCCCCCCCCCCCCOC(=O)CCSCCC(C=O)C(=O)OC(CCCCCCCC)CCCCCCCC. The second kappa shape index (κ2) is 34.8. The summed E-state index contributed by atoms with van der Waals surface area (Å²) in [5, 5.41) is 0. The number of ether oxygens (including phenoxy) is 2. The van der Waals surface area contributed by atoms with Crippen LogP contribution in [-0.4, -0.2) is 42.4 Å². The van der Waals surface area contributed by atoms with E-state index in [1.165, 1.54) is 122 Å². The van der Waals surface area contributed by atoms with Crippen LogP contribution in [0.3, 0.4) is 0 Å². The van der Waals surface area contributed by atoms with E-state index in [0.29, 0.717) is 31.0 Å². The molecule has 0 aromatic carbocycles. The lowest BCUT2D eigenvalue weighted by Gasteiger charge is -2.20. The Hall–Kier alpha value is -1.04. The maximum absolute atomic E-state index is 12.9. The van der Waals surface area contributed by atoms with Crippen LogP contribution < -0.4 is 0 Å². The Bertz CT molecular complexity index is 625. The fourth-order valence-electron chi connectivity index (χ4n) is 5.55. The van der Waals surface area contributed by atoms with Crippen LogP contribution in [-0.2, 0) is 23.9 Å². The summed E-state index contributed by atoms with van der Waals surface area (Å²) < 4.78 is 11.3. The van der Waals surface area contributed by atoms with Crippen molar-refractivity contribution in [1.29, 1.82) is 0 Å². The van der Waals surface area contributed by atoms with E-state index in [2.05, 4.69) is 20.8 Å². The molecule has 0 fully saturated rings. The zero-order valence-electron chi connectivity index (χ0n) is 29.4. The molecule has 0 bridgehead atoms. The van der Waals surface area contributed by atoms with Crippen molar-refractivity contribution in [3.63, 3.8) is 0 Å². The first kappa shape index (κ1) is 43.0. The Morgan fingerprint density at radius 1 is 0.568 bits per heavy atom. The summed E-state index contributed by atoms with van der Waals surface area (Å²) in [5.74, 6) is 0.0737. The molecule has 0 saturated carbocycles. The van der Waals surface area contributed by atoms with Crippen molar-refractivity contribution in [2.45, 2.75) is 200 Å². The Morgan fingerprint density at radius 3 is 1.45 bits per heavy atom. The number of hydrogen-bond acceptors (Lipinski definition) is 6. The minimum Gasteiger partial charge on any atom is -0.466 e. The van der Waals surface area contributed by atoms with Crippen LogP contribution >= 0.6 is 11.8 Å². The van der Waals surface area contributed by atoms with Gasteiger partial charge in [-0.3, -0.25) is 9.59 Å². The van der Waals surface area contributed by atoms with Crippen molar-refractivity contribution in [2.75, 3.05) is 18.1 Å². The summed E-state index contributed by atoms with van der Waals surface area (Å²) in [6.45, 7) is 7.23. The molecule has 6 heteroatoms. The molecule has 0 radical (unpaired) electrons. The normalized spacial score (nSPS) is 12.0. The van der Waals surface area contributed by atoms with E-state index in [0.717, 1.165) is 44.8 Å². The van der Waals surface area contributed by atoms with Crippen LogP contribution in [0.4, 0.5) is 0 Å². The number of aldehydes is 1. The number of rotatable bonds is 35. The summed E-state index contributed by atoms with van der Waals surface area (Å²) in [7, 11) is 0. The molecule has 0 aliphatic heterocycles. The molecular weight excluding hydrogens is 568 g/mol. The predicted molar refractivity (Wildman–Crippen MR) is 189 cm³/mol. The van der Waals surface area contributed by atoms with Crippen molar-refractivity contribution in [3.8, 4) is 0 Å². The van der Waals surface area contributed by atoms with Gasteiger partial charge in [0.25, 0.3) is 0 Å². The van der Waals surface area contributed by atoms with Crippen LogP contribution in [0.25, 0.3) is 0 Å². The number of thioether (sulfide) groups is 1. The first-order valence-electron chi connectivity index (χ1n) is 19.0. The molecule has 0 N–H and O–H groups in total. The molecular formula is C38H72O5S. The van der Waals surface area contributed by atoms with E-state index in [1.54, 1.807) is 11.8 Å². The molecule has 0 amide bonds. The van der Waals surface area contributed by atoms with Crippen LogP contribution in [0, 0.1) is 5.92 Å². The third-order valence-corrected chi connectivity index (χ3v) is 9.56. The van der Waals surface area contributed by atoms with Gasteiger partial charge in [-0.25, -0.2) is 0 Å². The fraction of sp³-hybridized carbons (Fsp3) is 0.921. The van der Waals surface area contributed by atoms with E-state index in [9.17, 15) is 14.4 Å². The molecule has 0 saturated heterocycles. The molecule has 1 unspecified atom stereocenters. The Labute approximate surface area is 277 Å². The molecule has 0 aromatic heterocycles. The molecule has 0 aliphatic rings. The number of hydrogen-bond donors (Lipinski definition) is 0. The van der Waals surface area contributed by atoms with Crippen molar-refractivity contribution < 1.29 is 23.9 Å². The van der Waals surface area contributed by atoms with Gasteiger partial charge < -0.3 is 14.3 Å². The summed E-state index contributed by atoms with van der Waals surface area (Å²) >= 11 is 1.60. The topological polar surface area (TPSA) is 69.7 Å². The number of carbonyl (C=O) groups is 3. The highest BCUT2D eigenvalue weighted by atomic mass is 32.2. The third kappa shape index (κ3) is 29.7. The first-order valence-corrected chi connectivity index (χ1v) is 20.1. The summed E-state index contributed by atoms with van der Waals surface area (Å²) in [6.07, 6.45) is 32.0. The van der Waals surface area contributed by atoms with Crippen molar-refractivity contribution in [1.82, 2.24) is 0 Å². The largest absolute Gasteiger partial charge is 0.466 e. The number of carbonyl (C=O) groups excluding carboxylic acids is 3. The van der Waals surface area contributed by atoms with E-state index in [4.69, 9.17) is 9.47 Å². The Balaban J connectivity index is 4.07. The minimum atomic E-state index is -0.716. The summed E-state index contributed by atoms with van der Waals surface area (Å²) in [6, 6.07) is 0. The van der Waals surface area contributed by atoms with Gasteiger partial charge in [-0.1, -0.05) is 149 Å². The van der Waals surface area contributed by atoms with Gasteiger partial charge in [-0.15, -0.1) is 0 Å². The van der Waals surface area contributed by atoms with Gasteiger partial charge >= 0.3 is 11.9 Å². The molecule has 0 heterocycles. The Kier molecular flexibility index (Phi) is 34.0. The standard InChI is InChI=1S/C38H72O5S/c1-4-7-10-13-16-17-18-19-20-23-26-31-42-37(40)30-33-44-32-29-35(34-39)38(41)43-36(27-24-21-14-11-8-5-2)28-25-22-15-12-9-6-3/h34-36H,4-33H2,1-3H3. The fourth-order valence-corrected chi connectivity index (χ4v) is 6.49. The second-order valence-corrected chi connectivity index (χ2v) is 14.0. The first-order chi connectivity index (χ1) is 21.6. The molecule has 44 heavy (non-hydrogen) atoms. The maximum atomic E-state index is 12.9. The van der Waals surface area contributed by atoms with Gasteiger partial charge in [0.2, 0.25) is 0 Å². The van der Waals surface area contributed by atoms with Gasteiger partial charge in [0.15, 0.2) is 0 Å². The van der Waals surface area contributed by atoms with Crippen molar-refractivity contribution in [2.24, 2.45) is 5.92 Å². The van der Waals surface area contributed by atoms with Gasteiger partial charge in [0.05, 0.1) is 13.0 Å². The number of unbranched alkanes of at least 4 members (excludes halogenated alkanes) is 20. The lowest BCUT2D eigenvalue weighted by Crippen LogP contribution is -2.26. The second-order valence-electron chi connectivity index (χ2n) is 12.8.